The van der Waals surface area contributed by atoms with Crippen molar-refractivity contribution >= 4 is 0 Å². The SMILES string of the molecule is CC.CCCCC.CCCCCCCCC(CCCCCC)CN(CCN)CC(CCC)CCCCCC. The molecule has 2 heteroatoms. The third-order valence-electron chi connectivity index (χ3n) is 7.78. The molecular weight excluding hydrogens is 460 g/mol. The van der Waals surface area contributed by atoms with E-state index in [1.165, 1.54) is 154 Å². The van der Waals surface area contributed by atoms with Crippen LogP contribution in [0.25, 0.3) is 0 Å². The Morgan fingerprint density at radius 1 is 0.421 bits per heavy atom. The average Bonchev–Trinajstić information content (AvgIpc) is 2.93. The molecule has 0 radical (unpaired) electrons. The highest BCUT2D eigenvalue weighted by Crippen LogP contribution is 2.23. The van der Waals surface area contributed by atoms with Gasteiger partial charge in [0.15, 0.2) is 0 Å². The van der Waals surface area contributed by atoms with Crippen LogP contribution in [0, 0.1) is 11.8 Å². The second-order valence-corrected chi connectivity index (χ2v) is 11.7. The van der Waals surface area contributed by atoms with Crippen LogP contribution >= 0.6 is 0 Å². The van der Waals surface area contributed by atoms with Gasteiger partial charge in [0.05, 0.1) is 0 Å². The second kappa shape index (κ2) is 39.1. The van der Waals surface area contributed by atoms with E-state index in [0.29, 0.717) is 0 Å². The topological polar surface area (TPSA) is 29.3 Å². The van der Waals surface area contributed by atoms with Gasteiger partial charge in [-0.1, -0.05) is 171 Å². The Hall–Kier alpha value is -0.0800. The summed E-state index contributed by atoms with van der Waals surface area (Å²) in [5, 5.41) is 0. The van der Waals surface area contributed by atoms with E-state index < -0.39 is 0 Å². The molecule has 0 aliphatic carbocycles. The highest BCUT2D eigenvalue weighted by Gasteiger charge is 2.18. The molecule has 0 saturated carbocycles. The summed E-state index contributed by atoms with van der Waals surface area (Å²) in [6.45, 7) is 22.2. The van der Waals surface area contributed by atoms with E-state index in [0.717, 1.165) is 24.9 Å². The summed E-state index contributed by atoms with van der Waals surface area (Å²) in [6, 6.07) is 0. The van der Waals surface area contributed by atoms with E-state index in [-0.39, 0.29) is 0 Å². The first-order valence-electron chi connectivity index (χ1n) is 18.0. The quantitative estimate of drug-likeness (QED) is 0.105. The predicted molar refractivity (Wildman–Crippen MR) is 179 cm³/mol. The standard InChI is InChI=1S/C29H62N2.C5H12.C2H6/c1-5-9-12-15-16-19-23-29(22-18-14-11-7-3)27-31(25-24-30)26-28(20-8-4)21-17-13-10-6-2;1-3-5-4-2;1-2/h28-29H,5-27,30H2,1-4H3;3-5H2,1-2H3;1-2H3. The molecule has 2 nitrogen and oxygen atoms in total. The van der Waals surface area contributed by atoms with Crippen LogP contribution in [-0.4, -0.2) is 31.1 Å². The fraction of sp³-hybridized carbons (Fsp3) is 1.00. The molecule has 0 fully saturated rings. The minimum Gasteiger partial charge on any atom is -0.329 e. The molecule has 0 aliphatic rings. The first-order valence-corrected chi connectivity index (χ1v) is 18.0. The largest absolute Gasteiger partial charge is 0.329 e. The Balaban J connectivity index is -0.00000155. The monoisotopic (exact) mass is 541 g/mol. The van der Waals surface area contributed by atoms with E-state index >= 15 is 0 Å². The molecule has 0 aromatic rings. The number of unbranched alkanes of at least 4 members (excludes halogenated alkanes) is 13. The van der Waals surface area contributed by atoms with Gasteiger partial charge in [-0.2, -0.15) is 0 Å². The van der Waals surface area contributed by atoms with Crippen LogP contribution in [0.5, 0.6) is 0 Å². The molecule has 0 saturated heterocycles. The zero-order valence-electron chi connectivity index (χ0n) is 28.6. The molecule has 0 bridgehead atoms. The highest BCUT2D eigenvalue weighted by atomic mass is 15.1. The minimum absolute atomic E-state index is 0.814. The normalized spacial score (nSPS) is 12.5. The molecular formula is C36H80N2. The van der Waals surface area contributed by atoms with Crippen LogP contribution in [-0.2, 0) is 0 Å². The molecule has 0 aromatic carbocycles. The van der Waals surface area contributed by atoms with Gasteiger partial charge in [-0.15, -0.1) is 0 Å². The molecule has 0 heterocycles. The number of nitrogens with two attached hydrogens (primary N) is 1. The molecule has 38 heavy (non-hydrogen) atoms. The van der Waals surface area contributed by atoms with Crippen molar-refractivity contribution in [1.82, 2.24) is 4.90 Å². The summed E-state index contributed by atoms with van der Waals surface area (Å²) < 4.78 is 0. The van der Waals surface area contributed by atoms with Crippen LogP contribution < -0.4 is 5.73 Å². The molecule has 0 aromatic heterocycles. The van der Waals surface area contributed by atoms with Crippen molar-refractivity contribution < 1.29 is 0 Å². The van der Waals surface area contributed by atoms with Crippen molar-refractivity contribution in [2.45, 2.75) is 197 Å². The number of hydrogen-bond acceptors (Lipinski definition) is 2. The van der Waals surface area contributed by atoms with E-state index in [1.807, 2.05) is 13.8 Å². The number of hydrogen-bond donors (Lipinski definition) is 1. The van der Waals surface area contributed by atoms with Crippen molar-refractivity contribution in [3.8, 4) is 0 Å². The third kappa shape index (κ3) is 33.9. The van der Waals surface area contributed by atoms with Gasteiger partial charge < -0.3 is 10.6 Å². The van der Waals surface area contributed by atoms with Gasteiger partial charge in [0.1, 0.15) is 0 Å². The van der Waals surface area contributed by atoms with Crippen molar-refractivity contribution in [2.24, 2.45) is 17.6 Å². The molecule has 2 atom stereocenters. The average molecular weight is 541 g/mol. The lowest BCUT2D eigenvalue weighted by Gasteiger charge is -2.31. The lowest BCUT2D eigenvalue weighted by molar-refractivity contribution is 0.178. The van der Waals surface area contributed by atoms with E-state index in [2.05, 4.69) is 46.4 Å². The molecule has 2 unspecified atom stereocenters. The van der Waals surface area contributed by atoms with Crippen LogP contribution in [0.4, 0.5) is 0 Å². The summed E-state index contributed by atoms with van der Waals surface area (Å²) in [4.78, 5) is 2.77. The van der Waals surface area contributed by atoms with Crippen LogP contribution in [0.2, 0.25) is 0 Å². The van der Waals surface area contributed by atoms with E-state index in [4.69, 9.17) is 5.73 Å². The van der Waals surface area contributed by atoms with Gasteiger partial charge in [-0.3, -0.25) is 0 Å². The third-order valence-corrected chi connectivity index (χ3v) is 7.78. The fourth-order valence-corrected chi connectivity index (χ4v) is 5.52. The summed E-state index contributed by atoms with van der Waals surface area (Å²) in [5.41, 5.74) is 6.06. The van der Waals surface area contributed by atoms with Gasteiger partial charge in [0, 0.05) is 26.2 Å². The van der Waals surface area contributed by atoms with Crippen LogP contribution in [0.1, 0.15) is 197 Å². The number of nitrogens with zero attached hydrogens (tertiary/aromatic N) is 1. The van der Waals surface area contributed by atoms with Crippen molar-refractivity contribution in [3.63, 3.8) is 0 Å². The highest BCUT2D eigenvalue weighted by molar-refractivity contribution is 4.72. The van der Waals surface area contributed by atoms with Crippen molar-refractivity contribution in [1.29, 1.82) is 0 Å². The Morgan fingerprint density at radius 3 is 1.11 bits per heavy atom. The zero-order chi connectivity index (χ0) is 29.1. The Labute approximate surface area is 245 Å². The lowest BCUT2D eigenvalue weighted by Crippen LogP contribution is -2.37. The molecule has 0 rings (SSSR count). The van der Waals surface area contributed by atoms with Crippen LogP contribution in [0.3, 0.4) is 0 Å². The Kier molecular flexibility index (Phi) is 43.6. The molecule has 0 aliphatic heterocycles. The minimum atomic E-state index is 0.814. The Bertz CT molecular complexity index is 368. The van der Waals surface area contributed by atoms with Gasteiger partial charge in [0.2, 0.25) is 0 Å². The lowest BCUT2D eigenvalue weighted by atomic mass is 9.92. The van der Waals surface area contributed by atoms with Gasteiger partial charge in [0.25, 0.3) is 0 Å². The van der Waals surface area contributed by atoms with E-state index in [1.54, 1.807) is 0 Å². The predicted octanol–water partition coefficient (Wildman–Crippen LogP) is 12.2. The summed E-state index contributed by atoms with van der Waals surface area (Å²) in [6.07, 6.45) is 30.8. The smallest absolute Gasteiger partial charge is 0.0105 e. The summed E-state index contributed by atoms with van der Waals surface area (Å²) in [5.74, 6) is 1.76. The molecule has 0 amide bonds. The first-order chi connectivity index (χ1) is 18.6. The molecule has 0 spiro atoms. The zero-order valence-corrected chi connectivity index (χ0v) is 28.6. The summed E-state index contributed by atoms with van der Waals surface area (Å²) in [7, 11) is 0. The Morgan fingerprint density at radius 2 is 0.763 bits per heavy atom. The van der Waals surface area contributed by atoms with Crippen LogP contribution in [0.15, 0.2) is 0 Å². The number of rotatable bonds is 27. The van der Waals surface area contributed by atoms with Crippen molar-refractivity contribution in [2.75, 3.05) is 26.2 Å². The second-order valence-electron chi connectivity index (χ2n) is 11.7. The molecule has 2 N–H and O–H groups in total. The maximum Gasteiger partial charge on any atom is 0.0105 e. The van der Waals surface area contributed by atoms with Gasteiger partial charge in [-0.25, -0.2) is 0 Å². The van der Waals surface area contributed by atoms with Gasteiger partial charge in [-0.05, 0) is 37.5 Å². The van der Waals surface area contributed by atoms with Crippen molar-refractivity contribution in [3.05, 3.63) is 0 Å². The summed E-state index contributed by atoms with van der Waals surface area (Å²) >= 11 is 0. The maximum atomic E-state index is 6.06. The molecule has 234 valence electrons. The fourth-order valence-electron chi connectivity index (χ4n) is 5.52. The first kappa shape index (κ1) is 42.4. The maximum absolute atomic E-state index is 6.06. The van der Waals surface area contributed by atoms with Gasteiger partial charge >= 0.3 is 0 Å². The van der Waals surface area contributed by atoms with E-state index in [9.17, 15) is 0 Å².